The van der Waals surface area contributed by atoms with Gasteiger partial charge >= 0.3 is 0 Å². The molecule has 1 fully saturated rings. The summed E-state index contributed by atoms with van der Waals surface area (Å²) in [4.78, 5) is 3.95. The average molecular weight is 265 g/mol. The van der Waals surface area contributed by atoms with Crippen molar-refractivity contribution in [3.63, 3.8) is 0 Å². The van der Waals surface area contributed by atoms with Crippen LogP contribution in [-0.4, -0.2) is 24.7 Å². The Morgan fingerprint density at radius 3 is 2.69 bits per heavy atom. The van der Waals surface area contributed by atoms with E-state index in [2.05, 4.69) is 10.3 Å². The van der Waals surface area contributed by atoms with Gasteiger partial charge in [0.15, 0.2) is 0 Å². The molecule has 2 heterocycles. The van der Waals surface area contributed by atoms with Gasteiger partial charge in [0.05, 0.1) is 6.61 Å². The number of hydrogen-bond donors (Lipinski definition) is 1. The lowest BCUT2D eigenvalue weighted by molar-refractivity contribution is 0.218. The molecule has 0 amide bonds. The molecule has 1 saturated heterocycles. The minimum atomic E-state index is 0. The molecule has 3 nitrogen and oxygen atoms in total. The fraction of sp³-hybridized carbons (Fsp3) is 0.545. The van der Waals surface area contributed by atoms with Crippen molar-refractivity contribution in [2.75, 3.05) is 19.7 Å². The van der Waals surface area contributed by atoms with E-state index < -0.39 is 0 Å². The van der Waals surface area contributed by atoms with E-state index >= 15 is 0 Å². The van der Waals surface area contributed by atoms with E-state index in [0.29, 0.717) is 5.92 Å². The summed E-state index contributed by atoms with van der Waals surface area (Å²) in [5, 5.41) is 3.38. The van der Waals surface area contributed by atoms with Crippen molar-refractivity contribution >= 4 is 24.8 Å². The number of piperidine rings is 1. The molecule has 0 aliphatic carbocycles. The van der Waals surface area contributed by atoms with Crippen LogP contribution < -0.4 is 10.1 Å². The molecule has 0 spiro atoms. The standard InChI is InChI=1S/C11H16N2O.2ClH/c1-2-10(8-13-5-1)9-14-11-3-6-12-7-4-11;;/h3-4,6-7,10,13H,1-2,5,8-9H2;2*1H/t10-;;/m0../s1. The van der Waals surface area contributed by atoms with E-state index in [1.807, 2.05) is 12.1 Å². The molecular weight excluding hydrogens is 247 g/mol. The number of ether oxygens (including phenoxy) is 1. The Labute approximate surface area is 109 Å². The van der Waals surface area contributed by atoms with E-state index in [0.717, 1.165) is 25.4 Å². The molecule has 1 aliphatic heterocycles. The molecule has 1 aliphatic rings. The van der Waals surface area contributed by atoms with E-state index in [4.69, 9.17) is 4.74 Å². The minimum Gasteiger partial charge on any atom is -0.493 e. The summed E-state index contributed by atoms with van der Waals surface area (Å²) in [7, 11) is 0. The first kappa shape index (κ1) is 15.5. The van der Waals surface area contributed by atoms with Crippen LogP contribution in [0.2, 0.25) is 0 Å². The third-order valence-corrected chi connectivity index (χ3v) is 2.53. The normalized spacial score (nSPS) is 19.1. The second kappa shape index (κ2) is 8.62. The fourth-order valence-corrected chi connectivity index (χ4v) is 1.71. The van der Waals surface area contributed by atoms with Gasteiger partial charge in [0.2, 0.25) is 0 Å². The smallest absolute Gasteiger partial charge is 0.122 e. The number of rotatable bonds is 3. The lowest BCUT2D eigenvalue weighted by Gasteiger charge is -2.22. The largest absolute Gasteiger partial charge is 0.493 e. The summed E-state index contributed by atoms with van der Waals surface area (Å²) in [5.74, 6) is 1.59. The monoisotopic (exact) mass is 264 g/mol. The van der Waals surface area contributed by atoms with Crippen molar-refractivity contribution in [3.8, 4) is 5.75 Å². The molecule has 0 bridgehead atoms. The maximum absolute atomic E-state index is 5.67. The van der Waals surface area contributed by atoms with Gasteiger partial charge in [-0.1, -0.05) is 0 Å². The first-order chi connectivity index (χ1) is 6.95. The molecule has 5 heteroatoms. The molecule has 2 rings (SSSR count). The second-order valence-electron chi connectivity index (χ2n) is 3.71. The van der Waals surface area contributed by atoms with E-state index in [1.54, 1.807) is 12.4 Å². The molecule has 1 aromatic rings. The molecule has 92 valence electrons. The van der Waals surface area contributed by atoms with E-state index in [-0.39, 0.29) is 24.8 Å². The van der Waals surface area contributed by atoms with Crippen molar-refractivity contribution < 1.29 is 4.74 Å². The van der Waals surface area contributed by atoms with Gasteiger partial charge in [0.1, 0.15) is 5.75 Å². The van der Waals surface area contributed by atoms with Gasteiger partial charge in [-0.2, -0.15) is 0 Å². The first-order valence-corrected chi connectivity index (χ1v) is 5.19. The van der Waals surface area contributed by atoms with E-state index in [1.165, 1.54) is 12.8 Å². The molecule has 0 aromatic carbocycles. The summed E-state index contributed by atoms with van der Waals surface area (Å²) in [6.07, 6.45) is 6.06. The van der Waals surface area contributed by atoms with Gasteiger partial charge in [0, 0.05) is 24.9 Å². The Kier molecular flexibility index (Phi) is 8.35. The molecular formula is C11H18Cl2N2O. The van der Waals surface area contributed by atoms with Gasteiger partial charge < -0.3 is 10.1 Å². The predicted molar refractivity (Wildman–Crippen MR) is 69.8 cm³/mol. The Balaban J connectivity index is 0.00000112. The van der Waals surface area contributed by atoms with Crippen LogP contribution in [0, 0.1) is 5.92 Å². The summed E-state index contributed by atoms with van der Waals surface area (Å²) in [5.41, 5.74) is 0. The van der Waals surface area contributed by atoms with Gasteiger partial charge in [-0.25, -0.2) is 0 Å². The van der Waals surface area contributed by atoms with Crippen LogP contribution in [0.1, 0.15) is 12.8 Å². The van der Waals surface area contributed by atoms with E-state index in [9.17, 15) is 0 Å². The van der Waals surface area contributed by atoms with Crippen molar-refractivity contribution in [2.45, 2.75) is 12.8 Å². The quantitative estimate of drug-likeness (QED) is 0.910. The number of nitrogens with one attached hydrogen (secondary N) is 1. The lowest BCUT2D eigenvalue weighted by atomic mass is 10.0. The summed E-state index contributed by atoms with van der Waals surface area (Å²) in [6.45, 7) is 3.06. The SMILES string of the molecule is Cl.Cl.c1cc(OC[C@H]2CCCNC2)ccn1. The maximum atomic E-state index is 5.67. The van der Waals surface area contributed by atoms with Crippen LogP contribution in [0.5, 0.6) is 5.75 Å². The van der Waals surface area contributed by atoms with Gasteiger partial charge in [-0.05, 0) is 31.5 Å². The summed E-state index contributed by atoms with van der Waals surface area (Å²) in [6, 6.07) is 3.80. The highest BCUT2D eigenvalue weighted by Crippen LogP contribution is 2.13. The Bertz CT molecular complexity index is 266. The topological polar surface area (TPSA) is 34.1 Å². The van der Waals surface area contributed by atoms with Crippen LogP contribution in [0.15, 0.2) is 24.5 Å². The lowest BCUT2D eigenvalue weighted by Crippen LogP contribution is -2.33. The van der Waals surface area contributed by atoms with Crippen LogP contribution in [0.25, 0.3) is 0 Å². The van der Waals surface area contributed by atoms with Crippen molar-refractivity contribution in [3.05, 3.63) is 24.5 Å². The zero-order valence-corrected chi connectivity index (χ0v) is 10.7. The molecule has 16 heavy (non-hydrogen) atoms. The van der Waals surface area contributed by atoms with Crippen molar-refractivity contribution in [1.82, 2.24) is 10.3 Å². The van der Waals surface area contributed by atoms with Crippen LogP contribution >= 0.6 is 24.8 Å². The Morgan fingerprint density at radius 1 is 1.31 bits per heavy atom. The minimum absolute atomic E-state index is 0. The fourth-order valence-electron chi connectivity index (χ4n) is 1.71. The number of hydrogen-bond acceptors (Lipinski definition) is 3. The number of nitrogens with zero attached hydrogens (tertiary/aromatic N) is 1. The van der Waals surface area contributed by atoms with Gasteiger partial charge in [-0.3, -0.25) is 4.98 Å². The van der Waals surface area contributed by atoms with Crippen LogP contribution in [-0.2, 0) is 0 Å². The molecule has 1 aromatic heterocycles. The molecule has 1 N–H and O–H groups in total. The first-order valence-electron chi connectivity index (χ1n) is 5.19. The highest BCUT2D eigenvalue weighted by molar-refractivity contribution is 5.85. The highest BCUT2D eigenvalue weighted by Gasteiger charge is 2.13. The third kappa shape index (κ3) is 5.01. The summed E-state index contributed by atoms with van der Waals surface area (Å²) >= 11 is 0. The second-order valence-corrected chi connectivity index (χ2v) is 3.71. The van der Waals surface area contributed by atoms with Crippen molar-refractivity contribution in [1.29, 1.82) is 0 Å². The number of halogens is 2. The number of aromatic nitrogens is 1. The molecule has 0 unspecified atom stereocenters. The molecule has 1 atom stereocenters. The summed E-state index contributed by atoms with van der Waals surface area (Å²) < 4.78 is 5.67. The molecule has 0 saturated carbocycles. The zero-order chi connectivity index (χ0) is 9.64. The average Bonchev–Trinajstić information content (AvgIpc) is 2.29. The highest BCUT2D eigenvalue weighted by atomic mass is 35.5. The molecule has 0 radical (unpaired) electrons. The van der Waals surface area contributed by atoms with Gasteiger partial charge in [0.25, 0.3) is 0 Å². The predicted octanol–water partition coefficient (Wildman–Crippen LogP) is 2.30. The van der Waals surface area contributed by atoms with Crippen LogP contribution in [0.4, 0.5) is 0 Å². The van der Waals surface area contributed by atoms with Crippen molar-refractivity contribution in [2.24, 2.45) is 5.92 Å². The Morgan fingerprint density at radius 2 is 2.06 bits per heavy atom. The number of pyridine rings is 1. The van der Waals surface area contributed by atoms with Crippen LogP contribution in [0.3, 0.4) is 0 Å². The third-order valence-electron chi connectivity index (χ3n) is 2.53. The maximum Gasteiger partial charge on any atom is 0.122 e. The van der Waals surface area contributed by atoms with Gasteiger partial charge in [-0.15, -0.1) is 24.8 Å². The zero-order valence-electron chi connectivity index (χ0n) is 9.09. The Hall–Kier alpha value is -0.510.